The van der Waals surface area contributed by atoms with Gasteiger partial charge in [0, 0.05) is 4.32 Å². The van der Waals surface area contributed by atoms with E-state index in [0.29, 0.717) is 0 Å². The van der Waals surface area contributed by atoms with Crippen LogP contribution in [-0.4, -0.2) is 15.4 Å². The average molecular weight is 270 g/mol. The molecule has 0 aliphatic heterocycles. The highest BCUT2D eigenvalue weighted by Crippen LogP contribution is 2.42. The maximum absolute atomic E-state index is 10.4. The first-order valence-corrected chi connectivity index (χ1v) is 5.18. The van der Waals surface area contributed by atoms with Gasteiger partial charge in [-0.2, -0.15) is 0 Å². The SMILES string of the molecule is O=CC(Br)C1(Br)CCCC1. The highest BCUT2D eigenvalue weighted by molar-refractivity contribution is 9.12. The maximum atomic E-state index is 10.4. The van der Waals surface area contributed by atoms with Gasteiger partial charge in [-0.1, -0.05) is 44.7 Å². The van der Waals surface area contributed by atoms with Gasteiger partial charge in [-0.25, -0.2) is 0 Å². The van der Waals surface area contributed by atoms with Crippen molar-refractivity contribution >= 4 is 38.1 Å². The lowest BCUT2D eigenvalue weighted by Crippen LogP contribution is -2.29. The Labute approximate surface area is 77.8 Å². The van der Waals surface area contributed by atoms with Crippen molar-refractivity contribution in [3.63, 3.8) is 0 Å². The van der Waals surface area contributed by atoms with E-state index in [1.54, 1.807) is 0 Å². The molecule has 3 heteroatoms. The third kappa shape index (κ3) is 1.62. The van der Waals surface area contributed by atoms with Crippen molar-refractivity contribution in [3.8, 4) is 0 Å². The van der Waals surface area contributed by atoms with Gasteiger partial charge in [0.2, 0.25) is 0 Å². The zero-order chi connectivity index (χ0) is 7.61. The number of carbonyl (C=O) groups is 1. The van der Waals surface area contributed by atoms with Crippen LogP contribution in [0.15, 0.2) is 0 Å². The van der Waals surface area contributed by atoms with Crippen molar-refractivity contribution in [1.29, 1.82) is 0 Å². The minimum absolute atomic E-state index is 0.0116. The highest BCUT2D eigenvalue weighted by atomic mass is 79.9. The van der Waals surface area contributed by atoms with Gasteiger partial charge in [-0.3, -0.25) is 0 Å². The molecule has 10 heavy (non-hydrogen) atoms. The number of aldehydes is 1. The molecule has 0 heterocycles. The molecule has 1 aliphatic carbocycles. The first-order chi connectivity index (χ1) is 4.69. The summed E-state index contributed by atoms with van der Waals surface area (Å²) in [6, 6.07) is 0. The zero-order valence-electron chi connectivity index (χ0n) is 5.65. The van der Waals surface area contributed by atoms with Gasteiger partial charge < -0.3 is 4.79 Å². The van der Waals surface area contributed by atoms with Crippen LogP contribution < -0.4 is 0 Å². The molecular weight excluding hydrogens is 260 g/mol. The fourth-order valence-corrected chi connectivity index (χ4v) is 2.49. The minimum Gasteiger partial charge on any atom is -0.302 e. The van der Waals surface area contributed by atoms with Crippen molar-refractivity contribution in [2.45, 2.75) is 34.8 Å². The Hall–Kier alpha value is 0.630. The lowest BCUT2D eigenvalue weighted by molar-refractivity contribution is -0.107. The Morgan fingerprint density at radius 1 is 1.40 bits per heavy atom. The van der Waals surface area contributed by atoms with Crippen molar-refractivity contribution < 1.29 is 4.79 Å². The van der Waals surface area contributed by atoms with E-state index in [1.807, 2.05) is 0 Å². The fourth-order valence-electron chi connectivity index (χ4n) is 1.36. The second-order valence-electron chi connectivity index (χ2n) is 2.78. The summed E-state index contributed by atoms with van der Waals surface area (Å²) in [6.45, 7) is 0. The molecule has 1 rings (SSSR count). The van der Waals surface area contributed by atoms with Gasteiger partial charge >= 0.3 is 0 Å². The molecule has 0 N–H and O–H groups in total. The summed E-state index contributed by atoms with van der Waals surface area (Å²) < 4.78 is 0.0642. The summed E-state index contributed by atoms with van der Waals surface area (Å²) in [7, 11) is 0. The van der Waals surface area contributed by atoms with Crippen LogP contribution >= 0.6 is 31.9 Å². The van der Waals surface area contributed by atoms with E-state index in [4.69, 9.17) is 0 Å². The molecule has 0 aromatic rings. The van der Waals surface area contributed by atoms with E-state index in [-0.39, 0.29) is 9.15 Å². The number of rotatable bonds is 2. The molecule has 1 aliphatic rings. The summed E-state index contributed by atoms with van der Waals surface area (Å²) >= 11 is 6.94. The number of hydrogen-bond donors (Lipinski definition) is 0. The Bertz CT molecular complexity index is 130. The van der Waals surface area contributed by atoms with Gasteiger partial charge in [0.1, 0.15) is 6.29 Å². The molecule has 0 amide bonds. The van der Waals surface area contributed by atoms with Crippen LogP contribution in [0.3, 0.4) is 0 Å². The predicted molar refractivity (Wildman–Crippen MR) is 48.9 cm³/mol. The summed E-state index contributed by atoms with van der Waals surface area (Å²) in [4.78, 5) is 10.4. The van der Waals surface area contributed by atoms with E-state index in [1.165, 1.54) is 12.8 Å². The lowest BCUT2D eigenvalue weighted by atomic mass is 10.1. The van der Waals surface area contributed by atoms with Crippen molar-refractivity contribution in [3.05, 3.63) is 0 Å². The number of carbonyl (C=O) groups excluding carboxylic acids is 1. The molecule has 1 unspecified atom stereocenters. The Morgan fingerprint density at radius 2 is 1.90 bits per heavy atom. The zero-order valence-corrected chi connectivity index (χ0v) is 8.82. The lowest BCUT2D eigenvalue weighted by Gasteiger charge is -2.22. The second kappa shape index (κ2) is 3.35. The average Bonchev–Trinajstić information content (AvgIpc) is 2.36. The van der Waals surface area contributed by atoms with Gasteiger partial charge in [0.25, 0.3) is 0 Å². The topological polar surface area (TPSA) is 17.1 Å². The van der Waals surface area contributed by atoms with E-state index in [2.05, 4.69) is 31.9 Å². The fraction of sp³-hybridized carbons (Fsp3) is 0.857. The van der Waals surface area contributed by atoms with Gasteiger partial charge in [-0.15, -0.1) is 0 Å². The molecule has 1 fully saturated rings. The first-order valence-electron chi connectivity index (χ1n) is 3.47. The molecule has 0 saturated heterocycles. The quantitative estimate of drug-likeness (QED) is 0.557. The predicted octanol–water partition coefficient (Wildman–Crippen LogP) is 2.66. The van der Waals surface area contributed by atoms with Crippen molar-refractivity contribution in [2.24, 2.45) is 0 Å². The van der Waals surface area contributed by atoms with Crippen LogP contribution in [0.1, 0.15) is 25.7 Å². The van der Waals surface area contributed by atoms with Crippen LogP contribution in [0.25, 0.3) is 0 Å². The van der Waals surface area contributed by atoms with Crippen LogP contribution in [0, 0.1) is 0 Å². The van der Waals surface area contributed by atoms with E-state index >= 15 is 0 Å². The third-order valence-corrected chi connectivity index (χ3v) is 5.04. The molecule has 1 atom stereocenters. The molecule has 0 aromatic carbocycles. The van der Waals surface area contributed by atoms with Crippen LogP contribution in [0.2, 0.25) is 0 Å². The van der Waals surface area contributed by atoms with Crippen molar-refractivity contribution in [2.75, 3.05) is 0 Å². The Kier molecular flexibility index (Phi) is 2.92. The maximum Gasteiger partial charge on any atom is 0.135 e. The van der Waals surface area contributed by atoms with Gasteiger partial charge in [0.15, 0.2) is 0 Å². The molecule has 0 aromatic heterocycles. The van der Waals surface area contributed by atoms with Crippen LogP contribution in [0.5, 0.6) is 0 Å². The number of alkyl halides is 2. The number of halogens is 2. The van der Waals surface area contributed by atoms with E-state index in [9.17, 15) is 4.79 Å². The normalized spacial score (nSPS) is 26.2. The first kappa shape index (κ1) is 8.72. The summed E-state index contributed by atoms with van der Waals surface area (Å²) in [5.74, 6) is 0. The monoisotopic (exact) mass is 268 g/mol. The second-order valence-corrected chi connectivity index (χ2v) is 5.35. The molecule has 1 saturated carbocycles. The molecular formula is C7H10Br2O. The molecule has 58 valence electrons. The summed E-state index contributed by atoms with van der Waals surface area (Å²) in [6.07, 6.45) is 5.67. The van der Waals surface area contributed by atoms with Crippen LogP contribution in [0.4, 0.5) is 0 Å². The Morgan fingerprint density at radius 3 is 2.30 bits per heavy atom. The van der Waals surface area contributed by atoms with E-state index in [0.717, 1.165) is 19.1 Å². The minimum atomic E-state index is -0.0116. The smallest absolute Gasteiger partial charge is 0.135 e. The standard InChI is InChI=1S/C7H10Br2O/c8-6(5-10)7(9)3-1-2-4-7/h5-6H,1-4H2. The van der Waals surface area contributed by atoms with Gasteiger partial charge in [0.05, 0.1) is 4.83 Å². The molecule has 0 bridgehead atoms. The Balaban J connectivity index is 2.57. The highest BCUT2D eigenvalue weighted by Gasteiger charge is 2.37. The summed E-state index contributed by atoms with van der Waals surface area (Å²) in [5, 5.41) is 0. The van der Waals surface area contributed by atoms with Crippen molar-refractivity contribution in [1.82, 2.24) is 0 Å². The molecule has 0 spiro atoms. The molecule has 0 radical (unpaired) electrons. The summed E-state index contributed by atoms with van der Waals surface area (Å²) in [5.41, 5.74) is 0. The number of hydrogen-bond acceptors (Lipinski definition) is 1. The largest absolute Gasteiger partial charge is 0.302 e. The van der Waals surface area contributed by atoms with Crippen LogP contribution in [-0.2, 0) is 4.79 Å². The third-order valence-electron chi connectivity index (χ3n) is 2.05. The molecule has 1 nitrogen and oxygen atoms in total. The van der Waals surface area contributed by atoms with Gasteiger partial charge in [-0.05, 0) is 12.8 Å². The van der Waals surface area contributed by atoms with E-state index < -0.39 is 0 Å².